The van der Waals surface area contributed by atoms with Crippen molar-refractivity contribution in [2.45, 2.75) is 6.36 Å². The molecule has 0 bridgehead atoms. The number of ether oxygens (including phenoxy) is 1. The summed E-state index contributed by atoms with van der Waals surface area (Å²) in [5.74, 6) is -1.50. The molecule has 120 valence electrons. The summed E-state index contributed by atoms with van der Waals surface area (Å²) in [6.45, 7) is 0. The Morgan fingerprint density at radius 3 is 2.52 bits per heavy atom. The van der Waals surface area contributed by atoms with Gasteiger partial charge in [-0.3, -0.25) is 0 Å². The van der Waals surface area contributed by atoms with E-state index in [9.17, 15) is 18.0 Å². The van der Waals surface area contributed by atoms with Crippen LogP contribution in [0.2, 0.25) is 5.02 Å². The molecule has 0 spiro atoms. The molecule has 2 aromatic rings. The summed E-state index contributed by atoms with van der Waals surface area (Å²) >= 11 is 6.20. The van der Waals surface area contributed by atoms with E-state index in [1.54, 1.807) is 24.3 Å². The highest BCUT2D eigenvalue weighted by Gasteiger charge is 2.31. The minimum atomic E-state index is -4.78. The third-order valence-electron chi connectivity index (χ3n) is 2.81. The van der Waals surface area contributed by atoms with E-state index in [1.165, 1.54) is 24.3 Å². The highest BCUT2D eigenvalue weighted by atomic mass is 35.5. The zero-order valence-electron chi connectivity index (χ0n) is 11.5. The number of aliphatic carboxylic acids is 1. The fourth-order valence-electron chi connectivity index (χ4n) is 1.92. The molecule has 0 fully saturated rings. The van der Waals surface area contributed by atoms with Crippen molar-refractivity contribution in [1.82, 2.24) is 0 Å². The lowest BCUT2D eigenvalue weighted by Crippen LogP contribution is -2.17. The Hall–Kier alpha value is -2.47. The molecule has 0 aliphatic rings. The fraction of sp³-hybridized carbons (Fsp3) is 0.0625. The van der Waals surface area contributed by atoms with Crippen molar-refractivity contribution < 1.29 is 27.8 Å². The largest absolute Gasteiger partial charge is 0.573 e. The van der Waals surface area contributed by atoms with Gasteiger partial charge in [0.1, 0.15) is 5.75 Å². The van der Waals surface area contributed by atoms with Gasteiger partial charge in [0.2, 0.25) is 0 Å². The van der Waals surface area contributed by atoms with Gasteiger partial charge in [-0.2, -0.15) is 0 Å². The standard InChI is InChI=1S/C16H10ClF3O3/c17-15-10(7-8-14(21)22)3-2-6-13(15)11-4-1-5-12(9-11)23-16(18,19)20/h1-9H,(H,21,22)/b8-7+. The maximum Gasteiger partial charge on any atom is 0.573 e. The topological polar surface area (TPSA) is 46.5 Å². The zero-order chi connectivity index (χ0) is 17.0. The molecule has 2 aromatic carbocycles. The highest BCUT2D eigenvalue weighted by Crippen LogP contribution is 2.34. The monoisotopic (exact) mass is 342 g/mol. The van der Waals surface area contributed by atoms with Crippen LogP contribution in [0, 0.1) is 0 Å². The second kappa shape index (κ2) is 6.75. The van der Waals surface area contributed by atoms with Crippen molar-refractivity contribution in [2.24, 2.45) is 0 Å². The lowest BCUT2D eigenvalue weighted by Gasteiger charge is -2.11. The summed E-state index contributed by atoms with van der Waals surface area (Å²) in [6.07, 6.45) is -2.55. The minimum absolute atomic E-state index is 0.231. The van der Waals surface area contributed by atoms with Crippen LogP contribution in [-0.2, 0) is 4.79 Å². The lowest BCUT2D eigenvalue weighted by molar-refractivity contribution is -0.274. The van der Waals surface area contributed by atoms with Crippen LogP contribution in [0.4, 0.5) is 13.2 Å². The summed E-state index contributed by atoms with van der Waals surface area (Å²) in [5.41, 5.74) is 1.32. The summed E-state index contributed by atoms with van der Waals surface area (Å²) in [6, 6.07) is 10.2. The van der Waals surface area contributed by atoms with Crippen molar-refractivity contribution in [3.8, 4) is 16.9 Å². The van der Waals surface area contributed by atoms with E-state index in [-0.39, 0.29) is 10.8 Å². The first-order valence-corrected chi connectivity index (χ1v) is 6.70. The first-order valence-electron chi connectivity index (χ1n) is 6.32. The van der Waals surface area contributed by atoms with Gasteiger partial charge in [0, 0.05) is 11.6 Å². The quantitative estimate of drug-likeness (QED) is 0.795. The van der Waals surface area contributed by atoms with E-state index in [0.29, 0.717) is 16.7 Å². The van der Waals surface area contributed by atoms with Crippen LogP contribution < -0.4 is 4.74 Å². The van der Waals surface area contributed by atoms with Gasteiger partial charge in [-0.25, -0.2) is 4.79 Å². The Balaban J connectivity index is 2.41. The number of alkyl halides is 3. The number of rotatable bonds is 4. The van der Waals surface area contributed by atoms with Crippen molar-refractivity contribution >= 4 is 23.6 Å². The van der Waals surface area contributed by atoms with Gasteiger partial charge in [-0.15, -0.1) is 13.2 Å². The molecule has 0 amide bonds. The Morgan fingerprint density at radius 2 is 1.87 bits per heavy atom. The fourth-order valence-corrected chi connectivity index (χ4v) is 2.22. The predicted molar refractivity (Wildman–Crippen MR) is 80.2 cm³/mol. The van der Waals surface area contributed by atoms with Crippen LogP contribution in [-0.4, -0.2) is 17.4 Å². The summed E-state index contributed by atoms with van der Waals surface area (Å²) in [4.78, 5) is 10.6. The van der Waals surface area contributed by atoms with Crippen LogP contribution >= 0.6 is 11.6 Å². The number of benzene rings is 2. The third kappa shape index (κ3) is 4.75. The van der Waals surface area contributed by atoms with Gasteiger partial charge in [0.25, 0.3) is 0 Å². The number of hydrogen-bond donors (Lipinski definition) is 1. The number of carboxylic acid groups (broad SMARTS) is 1. The molecular weight excluding hydrogens is 333 g/mol. The molecule has 0 saturated heterocycles. The Morgan fingerprint density at radius 1 is 1.17 bits per heavy atom. The number of carbonyl (C=O) groups is 1. The molecule has 0 heterocycles. The molecule has 0 saturated carbocycles. The average Bonchev–Trinajstić information content (AvgIpc) is 2.44. The van der Waals surface area contributed by atoms with Crippen LogP contribution in [0.1, 0.15) is 5.56 Å². The van der Waals surface area contributed by atoms with E-state index in [2.05, 4.69) is 4.74 Å². The van der Waals surface area contributed by atoms with Gasteiger partial charge < -0.3 is 9.84 Å². The van der Waals surface area contributed by atoms with Crippen LogP contribution in [0.15, 0.2) is 48.5 Å². The highest BCUT2D eigenvalue weighted by molar-refractivity contribution is 6.34. The van der Waals surface area contributed by atoms with Gasteiger partial charge >= 0.3 is 12.3 Å². The molecule has 7 heteroatoms. The Kier molecular flexibility index (Phi) is 4.95. The zero-order valence-corrected chi connectivity index (χ0v) is 12.2. The van der Waals surface area contributed by atoms with Crippen molar-refractivity contribution in [3.63, 3.8) is 0 Å². The smallest absolute Gasteiger partial charge is 0.478 e. The first kappa shape index (κ1) is 16.9. The van der Waals surface area contributed by atoms with Crippen molar-refractivity contribution in [1.29, 1.82) is 0 Å². The normalized spacial score (nSPS) is 11.7. The molecule has 0 atom stereocenters. The van der Waals surface area contributed by atoms with Gasteiger partial charge in [-0.1, -0.05) is 41.9 Å². The molecule has 0 aliphatic heterocycles. The van der Waals surface area contributed by atoms with Gasteiger partial charge in [0.05, 0.1) is 5.02 Å². The molecule has 0 radical (unpaired) electrons. The molecule has 3 nitrogen and oxygen atoms in total. The Labute approximate surface area is 134 Å². The first-order chi connectivity index (χ1) is 10.8. The summed E-state index contributed by atoms with van der Waals surface area (Å²) in [7, 11) is 0. The van der Waals surface area contributed by atoms with Crippen LogP contribution in [0.3, 0.4) is 0 Å². The summed E-state index contributed by atoms with van der Waals surface area (Å²) in [5, 5.41) is 8.87. The second-order valence-corrected chi connectivity index (χ2v) is 4.83. The molecular formula is C16H10ClF3O3. The summed E-state index contributed by atoms with van der Waals surface area (Å²) < 4.78 is 40.7. The van der Waals surface area contributed by atoms with E-state index < -0.39 is 12.3 Å². The number of carboxylic acids is 1. The molecule has 0 aromatic heterocycles. The van der Waals surface area contributed by atoms with E-state index in [4.69, 9.17) is 16.7 Å². The maximum atomic E-state index is 12.3. The lowest BCUT2D eigenvalue weighted by atomic mass is 10.0. The SMILES string of the molecule is O=C(O)/C=C/c1cccc(-c2cccc(OC(F)(F)F)c2)c1Cl. The second-order valence-electron chi connectivity index (χ2n) is 4.46. The molecule has 1 N–H and O–H groups in total. The predicted octanol–water partition coefficient (Wildman–Crippen LogP) is 5.00. The van der Waals surface area contributed by atoms with Crippen LogP contribution in [0.5, 0.6) is 5.75 Å². The molecule has 2 rings (SSSR count). The van der Waals surface area contributed by atoms with Gasteiger partial charge in [-0.05, 0) is 29.3 Å². The minimum Gasteiger partial charge on any atom is -0.478 e. The third-order valence-corrected chi connectivity index (χ3v) is 3.23. The van der Waals surface area contributed by atoms with Crippen LogP contribution in [0.25, 0.3) is 17.2 Å². The van der Waals surface area contributed by atoms with E-state index >= 15 is 0 Å². The molecule has 0 unspecified atom stereocenters. The van der Waals surface area contributed by atoms with E-state index in [1.807, 2.05) is 0 Å². The maximum absolute atomic E-state index is 12.3. The Bertz CT molecular complexity index is 754. The van der Waals surface area contributed by atoms with E-state index in [0.717, 1.165) is 6.08 Å². The average molecular weight is 343 g/mol. The number of halogens is 4. The molecule has 0 aliphatic carbocycles. The van der Waals surface area contributed by atoms with Crippen molar-refractivity contribution in [3.05, 3.63) is 59.1 Å². The van der Waals surface area contributed by atoms with Gasteiger partial charge in [0.15, 0.2) is 0 Å². The number of hydrogen-bond acceptors (Lipinski definition) is 2. The van der Waals surface area contributed by atoms with Crippen molar-refractivity contribution in [2.75, 3.05) is 0 Å². The molecule has 23 heavy (non-hydrogen) atoms.